The number of nitrogens with zero attached hydrogens (tertiary/aromatic N) is 1. The minimum atomic E-state index is -4.57. The van der Waals surface area contributed by atoms with Crippen molar-refractivity contribution in [3.8, 4) is 11.5 Å². The second kappa shape index (κ2) is 23.9. The summed E-state index contributed by atoms with van der Waals surface area (Å²) >= 11 is 0. The van der Waals surface area contributed by atoms with Crippen LogP contribution in [0.3, 0.4) is 0 Å². The van der Waals surface area contributed by atoms with E-state index in [2.05, 4.69) is 36.1 Å². The van der Waals surface area contributed by atoms with Gasteiger partial charge in [-0.05, 0) is 192 Å². The number of benzene rings is 5. The molecule has 0 aromatic heterocycles. The van der Waals surface area contributed by atoms with Crippen LogP contribution in [-0.4, -0.2) is 50.0 Å². The van der Waals surface area contributed by atoms with Crippen molar-refractivity contribution in [2.45, 2.75) is 110 Å². The summed E-state index contributed by atoms with van der Waals surface area (Å²) in [4.78, 5) is 2.18. The third kappa shape index (κ3) is 12.9. The van der Waals surface area contributed by atoms with Crippen LogP contribution < -0.4 is 36.0 Å². The molecule has 0 spiro atoms. The minimum absolute atomic E-state index is 0. The van der Waals surface area contributed by atoms with Crippen LogP contribution in [0.5, 0.6) is 11.5 Å². The summed E-state index contributed by atoms with van der Waals surface area (Å²) in [6, 6.07) is 26.0. The number of ether oxygens (including phenoxy) is 2. The molecule has 7 rings (SSSR count). The van der Waals surface area contributed by atoms with Crippen molar-refractivity contribution < 1.29 is 58.0 Å². The number of aryl methyl sites for hydroxylation is 4. The second-order valence-electron chi connectivity index (χ2n) is 17.9. The normalized spacial score (nSPS) is 18.2. The van der Waals surface area contributed by atoms with Gasteiger partial charge in [0.05, 0.1) is 31.5 Å². The summed E-state index contributed by atoms with van der Waals surface area (Å²) in [5.41, 5.74) is 3.01. The molecule has 2 saturated carbocycles. The van der Waals surface area contributed by atoms with E-state index in [0.29, 0.717) is 21.5 Å². The van der Waals surface area contributed by atoms with E-state index in [4.69, 9.17) is 9.47 Å². The third-order valence-electron chi connectivity index (χ3n) is 13.4. The molecular weight excluding hydrogens is 942 g/mol. The molecule has 0 amide bonds. The molecule has 1 N–H and O–H groups in total. The molecule has 2 aliphatic carbocycles. The van der Waals surface area contributed by atoms with E-state index in [1.807, 2.05) is 66.1 Å². The van der Waals surface area contributed by atoms with E-state index in [1.165, 1.54) is 56.4 Å². The summed E-state index contributed by atoms with van der Waals surface area (Å²) in [7, 11) is 4.58. The van der Waals surface area contributed by atoms with Gasteiger partial charge in [0.2, 0.25) is 0 Å². The van der Waals surface area contributed by atoms with E-state index < -0.39 is 45.4 Å². The molecule has 2 fully saturated rings. The number of rotatable bonds is 12. The van der Waals surface area contributed by atoms with Crippen molar-refractivity contribution in [2.24, 2.45) is 11.8 Å². The van der Waals surface area contributed by atoms with Gasteiger partial charge in [-0.15, -0.1) is 0 Å². The first-order valence-electron chi connectivity index (χ1n) is 22.4. The van der Waals surface area contributed by atoms with Gasteiger partial charge in [0.15, 0.2) is 0 Å². The zero-order valence-corrected chi connectivity index (χ0v) is 43.2. The molecule has 0 heterocycles. The molecule has 13 heteroatoms. The number of aliphatic hydroxyl groups excluding tert-OH is 1. The Hall–Kier alpha value is -3.42. The van der Waals surface area contributed by atoms with Gasteiger partial charge in [0.25, 0.3) is 0 Å². The van der Waals surface area contributed by atoms with Crippen LogP contribution in [0.4, 0.5) is 26.3 Å². The molecule has 0 saturated heterocycles. The van der Waals surface area contributed by atoms with Gasteiger partial charge in [-0.3, -0.25) is 0 Å². The molecule has 5 aromatic rings. The number of hydrogen-bond donors (Lipinski definition) is 1. The van der Waals surface area contributed by atoms with E-state index in [9.17, 15) is 31.4 Å². The summed E-state index contributed by atoms with van der Waals surface area (Å²) in [6.45, 7) is 10.4. The van der Waals surface area contributed by atoms with Gasteiger partial charge in [-0.2, -0.15) is 26.3 Å². The zero-order valence-electron chi connectivity index (χ0n) is 40.3. The average molecular weight is 1010 g/mol. The van der Waals surface area contributed by atoms with E-state index in [-0.39, 0.29) is 48.0 Å². The van der Waals surface area contributed by atoms with Crippen LogP contribution in [0.1, 0.15) is 96.9 Å². The predicted octanol–water partition coefficient (Wildman–Crippen LogP) is 12.6. The molecule has 5 aromatic carbocycles. The van der Waals surface area contributed by atoms with Crippen LogP contribution >= 0.6 is 15.8 Å². The van der Waals surface area contributed by atoms with Crippen molar-refractivity contribution >= 4 is 42.4 Å². The minimum Gasteiger partial charge on any atom is -0.496 e. The molecular formula is C54H66F6FeNO3P2-. The fourth-order valence-electron chi connectivity index (χ4n) is 10.1. The Morgan fingerprint density at radius 1 is 0.612 bits per heavy atom. The van der Waals surface area contributed by atoms with E-state index in [0.717, 1.165) is 81.5 Å². The van der Waals surface area contributed by atoms with Crippen molar-refractivity contribution in [1.29, 1.82) is 0 Å². The monoisotopic (exact) mass is 1010 g/mol. The summed E-state index contributed by atoms with van der Waals surface area (Å²) in [5.74, 6) is 1.41. The SMILES string of the molecule is C1CCCC1.COc1c(C)cc(P(c2cc(C)c(OC)c(C)c2)C2CCC([C@@H](C)N(C)C)C2C(O)c2ccccc2P(c2ccc(C(F)(F)F)cc2)c2ccc(C(F)(F)F)cc2)cc1C.[CH3-].[Fe]. The molecule has 0 aliphatic heterocycles. The van der Waals surface area contributed by atoms with Gasteiger partial charge in [-0.1, -0.05) is 80.6 Å². The number of methoxy groups -OCH3 is 2. The topological polar surface area (TPSA) is 41.9 Å². The van der Waals surface area contributed by atoms with Gasteiger partial charge >= 0.3 is 12.4 Å². The Bertz CT molecular complexity index is 2200. The molecule has 67 heavy (non-hydrogen) atoms. The van der Waals surface area contributed by atoms with E-state index in [1.54, 1.807) is 14.2 Å². The Morgan fingerprint density at radius 3 is 1.36 bits per heavy atom. The number of aliphatic hydroxyl groups is 1. The fourth-order valence-corrected chi connectivity index (χ4v) is 16.1. The van der Waals surface area contributed by atoms with Crippen molar-refractivity contribution in [1.82, 2.24) is 4.90 Å². The zero-order chi connectivity index (χ0) is 47.4. The summed E-state index contributed by atoms with van der Waals surface area (Å²) in [6.07, 6.45) is -0.985. The van der Waals surface area contributed by atoms with Gasteiger partial charge in [-0.25, -0.2) is 0 Å². The molecule has 5 atom stereocenters. The molecule has 366 valence electrons. The molecule has 0 bridgehead atoms. The Morgan fingerprint density at radius 2 is 1.00 bits per heavy atom. The van der Waals surface area contributed by atoms with Crippen LogP contribution in [-0.2, 0) is 29.4 Å². The largest absolute Gasteiger partial charge is 0.496 e. The standard InChI is InChI=1S/C48H53F6NO3P2.C5H10.CH3.Fe/c1-28-24-37(25-29(2)45(28)57-8)60(38-26-30(3)46(58-9)31(4)27-38)42-23-22-39(32(5)55(6)7)43(42)44(56)40-12-10-11-13-41(40)59(35-18-14-33(15-19-35)47(49,50)51)36-20-16-34(17-21-36)48(52,53)54;1-2-4-5-3-1;;/h10-21,24-27,32,39,42-44,56H,22-23H2,1-9H3;1-5H2;1H3;/q;;-1;/t32-,39?,42?,43?,44?;;;/m1.../s1. The van der Waals surface area contributed by atoms with E-state index >= 15 is 0 Å². The van der Waals surface area contributed by atoms with Gasteiger partial charge in [0, 0.05) is 29.0 Å². The van der Waals surface area contributed by atoms with Crippen LogP contribution in [0.25, 0.3) is 0 Å². The fraction of sp³-hybridized carbons (Fsp3) is 0.426. The first kappa shape index (κ1) is 56.2. The first-order chi connectivity index (χ1) is 30.8. The Kier molecular flexibility index (Phi) is 20.1. The molecule has 4 nitrogen and oxygen atoms in total. The first-order valence-corrected chi connectivity index (χ1v) is 25.2. The van der Waals surface area contributed by atoms with Gasteiger partial charge < -0.3 is 26.9 Å². The van der Waals surface area contributed by atoms with Crippen LogP contribution in [0, 0.1) is 47.0 Å². The Labute approximate surface area is 408 Å². The average Bonchev–Trinajstić information content (AvgIpc) is 3.98. The molecule has 0 radical (unpaired) electrons. The number of halogens is 6. The van der Waals surface area contributed by atoms with Crippen LogP contribution in [0.2, 0.25) is 0 Å². The number of hydrogen-bond acceptors (Lipinski definition) is 4. The van der Waals surface area contributed by atoms with Gasteiger partial charge in [0.1, 0.15) is 11.5 Å². The predicted molar refractivity (Wildman–Crippen MR) is 264 cm³/mol. The Balaban J connectivity index is 0.00000131. The number of alkyl halides is 6. The summed E-state index contributed by atoms with van der Waals surface area (Å²) < 4.78 is 94.3. The van der Waals surface area contributed by atoms with Crippen molar-refractivity contribution in [3.05, 3.63) is 143 Å². The van der Waals surface area contributed by atoms with Crippen molar-refractivity contribution in [3.63, 3.8) is 0 Å². The van der Waals surface area contributed by atoms with Crippen molar-refractivity contribution in [2.75, 3.05) is 28.3 Å². The second-order valence-corrected chi connectivity index (χ2v) is 22.5. The third-order valence-corrected chi connectivity index (χ3v) is 18.8. The molecule has 2 aliphatic rings. The smallest absolute Gasteiger partial charge is 0.416 e. The summed E-state index contributed by atoms with van der Waals surface area (Å²) in [5, 5.41) is 17.3. The maximum Gasteiger partial charge on any atom is 0.416 e. The van der Waals surface area contributed by atoms with Crippen LogP contribution in [0.15, 0.2) is 97.1 Å². The maximum atomic E-state index is 13.8. The maximum absolute atomic E-state index is 13.8. The molecule has 4 unspecified atom stereocenters. The quantitative estimate of drug-likeness (QED) is 0.0585.